The van der Waals surface area contributed by atoms with Crippen LogP contribution < -0.4 is 0 Å². The van der Waals surface area contributed by atoms with Crippen molar-refractivity contribution < 1.29 is 19.5 Å². The highest BCUT2D eigenvalue weighted by Gasteiger charge is 2.45. The fraction of sp³-hybridized carbons (Fsp3) is 0.526. The van der Waals surface area contributed by atoms with Gasteiger partial charge < -0.3 is 10.0 Å². The molecule has 1 unspecified atom stereocenters. The van der Waals surface area contributed by atoms with Crippen LogP contribution in [0.25, 0.3) is 0 Å². The Bertz CT molecular complexity index is 682. The summed E-state index contributed by atoms with van der Waals surface area (Å²) in [5.74, 6) is -2.25. The highest BCUT2D eigenvalue weighted by molar-refractivity contribution is 6.02. The number of benzene rings is 1. The van der Waals surface area contributed by atoms with Gasteiger partial charge in [0, 0.05) is 18.0 Å². The maximum Gasteiger partial charge on any atom is 0.307 e. The number of Topliss-reactive ketones (excluding diaryl/α,β-unsaturated/α-hetero) is 1. The number of carboxylic acids is 1. The van der Waals surface area contributed by atoms with Crippen molar-refractivity contribution in [1.82, 2.24) is 4.90 Å². The van der Waals surface area contributed by atoms with Gasteiger partial charge in [-0.05, 0) is 30.4 Å². The lowest BCUT2D eigenvalue weighted by atomic mass is 9.84. The summed E-state index contributed by atoms with van der Waals surface area (Å²) in [6.45, 7) is 4.27. The van der Waals surface area contributed by atoms with Crippen LogP contribution in [0.5, 0.6) is 0 Å². The molecular formula is C19H23NO4. The highest BCUT2D eigenvalue weighted by atomic mass is 16.4. The van der Waals surface area contributed by atoms with Gasteiger partial charge in [0.25, 0.3) is 5.91 Å². The first kappa shape index (κ1) is 16.7. The van der Waals surface area contributed by atoms with Gasteiger partial charge in [0.15, 0.2) is 5.78 Å². The second kappa shape index (κ2) is 6.38. The number of rotatable bonds is 5. The van der Waals surface area contributed by atoms with Crippen molar-refractivity contribution in [3.63, 3.8) is 0 Å². The van der Waals surface area contributed by atoms with Gasteiger partial charge in [0.05, 0.1) is 12.0 Å². The Morgan fingerprint density at radius 2 is 1.83 bits per heavy atom. The van der Waals surface area contributed by atoms with E-state index < -0.39 is 23.8 Å². The van der Waals surface area contributed by atoms with E-state index in [0.29, 0.717) is 24.9 Å². The summed E-state index contributed by atoms with van der Waals surface area (Å²) in [4.78, 5) is 38.9. The van der Waals surface area contributed by atoms with Gasteiger partial charge in [-0.3, -0.25) is 14.4 Å². The molecule has 5 heteroatoms. The minimum Gasteiger partial charge on any atom is -0.481 e. The molecule has 1 aromatic rings. The number of carbonyl (C=O) groups is 3. The smallest absolute Gasteiger partial charge is 0.307 e. The van der Waals surface area contributed by atoms with Gasteiger partial charge in [-0.2, -0.15) is 0 Å². The van der Waals surface area contributed by atoms with Gasteiger partial charge >= 0.3 is 5.97 Å². The van der Waals surface area contributed by atoms with Crippen LogP contribution in [0.4, 0.5) is 0 Å². The van der Waals surface area contributed by atoms with Crippen LogP contribution >= 0.6 is 0 Å². The third-order valence-electron chi connectivity index (χ3n) is 5.31. The van der Waals surface area contributed by atoms with E-state index in [9.17, 15) is 19.5 Å². The van der Waals surface area contributed by atoms with Gasteiger partial charge in [0.1, 0.15) is 0 Å². The lowest BCUT2D eigenvalue weighted by molar-refractivity contribution is -0.146. The minimum atomic E-state index is -0.899. The molecule has 0 spiro atoms. The average molecular weight is 329 g/mol. The molecule has 1 fully saturated rings. The molecular weight excluding hydrogens is 306 g/mol. The van der Waals surface area contributed by atoms with Crippen molar-refractivity contribution in [2.24, 2.45) is 17.8 Å². The van der Waals surface area contributed by atoms with E-state index in [1.807, 2.05) is 32.0 Å². The molecule has 0 bridgehead atoms. The quantitative estimate of drug-likeness (QED) is 0.901. The lowest BCUT2D eigenvalue weighted by Crippen LogP contribution is -2.48. The molecule has 1 N–H and O–H groups in total. The third-order valence-corrected chi connectivity index (χ3v) is 5.31. The van der Waals surface area contributed by atoms with Crippen molar-refractivity contribution in [3.8, 4) is 0 Å². The summed E-state index contributed by atoms with van der Waals surface area (Å²) in [6.07, 6.45) is 1.91. The van der Waals surface area contributed by atoms with Gasteiger partial charge in [-0.25, -0.2) is 0 Å². The predicted molar refractivity (Wildman–Crippen MR) is 88.4 cm³/mol. The molecule has 5 nitrogen and oxygen atoms in total. The fourth-order valence-electron chi connectivity index (χ4n) is 4.16. The zero-order chi connectivity index (χ0) is 17.4. The van der Waals surface area contributed by atoms with Crippen LogP contribution in [0, 0.1) is 17.8 Å². The molecule has 128 valence electrons. The molecule has 2 aliphatic rings. The van der Waals surface area contributed by atoms with Crippen molar-refractivity contribution in [2.45, 2.75) is 45.7 Å². The maximum atomic E-state index is 13.1. The molecule has 1 amide bonds. The fourth-order valence-corrected chi connectivity index (χ4v) is 4.16. The Morgan fingerprint density at radius 1 is 1.17 bits per heavy atom. The summed E-state index contributed by atoms with van der Waals surface area (Å²) in [5.41, 5.74) is 1.58. The lowest BCUT2D eigenvalue weighted by Gasteiger charge is -2.32. The second-order valence-corrected chi connectivity index (χ2v) is 7.16. The first-order valence-corrected chi connectivity index (χ1v) is 8.57. The molecule has 3 rings (SSSR count). The van der Waals surface area contributed by atoms with E-state index in [0.717, 1.165) is 12.0 Å². The molecule has 0 saturated heterocycles. The summed E-state index contributed by atoms with van der Waals surface area (Å²) < 4.78 is 0. The molecule has 1 aromatic carbocycles. The second-order valence-electron chi connectivity index (χ2n) is 7.16. The van der Waals surface area contributed by atoms with E-state index in [1.165, 1.54) is 0 Å². The number of aliphatic carboxylic acids is 1. The average Bonchev–Trinajstić information content (AvgIpc) is 3.14. The number of fused-ring (bicyclic) bond motifs is 1. The van der Waals surface area contributed by atoms with E-state index in [4.69, 9.17) is 0 Å². The normalized spacial score (nSPS) is 24.3. The van der Waals surface area contributed by atoms with E-state index >= 15 is 0 Å². The van der Waals surface area contributed by atoms with Crippen molar-refractivity contribution >= 4 is 17.7 Å². The van der Waals surface area contributed by atoms with Crippen LogP contribution in [-0.2, 0) is 16.1 Å². The zero-order valence-electron chi connectivity index (χ0n) is 14.1. The van der Waals surface area contributed by atoms with E-state index in [-0.39, 0.29) is 17.6 Å². The summed E-state index contributed by atoms with van der Waals surface area (Å²) >= 11 is 0. The first-order chi connectivity index (χ1) is 11.4. The van der Waals surface area contributed by atoms with E-state index in [2.05, 4.69) is 0 Å². The SMILES string of the molecule is CC(C)[C@@H](C(=O)C1CCC[C@H]1C(=O)O)N1Cc2ccccc2C1=O. The zero-order valence-corrected chi connectivity index (χ0v) is 14.1. The van der Waals surface area contributed by atoms with Gasteiger partial charge in [-0.15, -0.1) is 0 Å². The number of hydrogen-bond donors (Lipinski definition) is 1. The Labute approximate surface area is 141 Å². The standard InChI is InChI=1S/C19H23NO4/c1-11(2)16(17(21)14-8-5-9-15(14)19(23)24)20-10-12-6-3-4-7-13(12)18(20)22/h3-4,6-7,11,14-16H,5,8-10H2,1-2H3,(H,23,24)/t14?,15-,16+/m1/s1. The topological polar surface area (TPSA) is 74.7 Å². The number of hydrogen-bond acceptors (Lipinski definition) is 3. The molecule has 0 radical (unpaired) electrons. The summed E-state index contributed by atoms with van der Waals surface area (Å²) in [7, 11) is 0. The van der Waals surface area contributed by atoms with Crippen LogP contribution in [0.15, 0.2) is 24.3 Å². The molecule has 0 aromatic heterocycles. The summed E-state index contributed by atoms with van der Waals surface area (Å²) in [6, 6.07) is 6.85. The van der Waals surface area contributed by atoms with Crippen LogP contribution in [0.2, 0.25) is 0 Å². The molecule has 1 aliphatic heterocycles. The predicted octanol–water partition coefficient (Wildman–Crippen LogP) is 2.74. The van der Waals surface area contributed by atoms with Crippen LogP contribution in [0.3, 0.4) is 0 Å². The molecule has 1 heterocycles. The summed E-state index contributed by atoms with van der Waals surface area (Å²) in [5, 5.41) is 9.38. The Hall–Kier alpha value is -2.17. The minimum absolute atomic E-state index is 0.0502. The molecule has 1 saturated carbocycles. The first-order valence-electron chi connectivity index (χ1n) is 8.57. The van der Waals surface area contributed by atoms with Crippen molar-refractivity contribution in [1.29, 1.82) is 0 Å². The Morgan fingerprint density at radius 3 is 2.46 bits per heavy atom. The molecule has 24 heavy (non-hydrogen) atoms. The number of ketones is 1. The van der Waals surface area contributed by atoms with Crippen molar-refractivity contribution in [2.75, 3.05) is 0 Å². The van der Waals surface area contributed by atoms with Crippen LogP contribution in [0.1, 0.15) is 49.0 Å². The number of carboxylic acid groups (broad SMARTS) is 1. The Kier molecular flexibility index (Phi) is 4.43. The van der Waals surface area contributed by atoms with Crippen molar-refractivity contribution in [3.05, 3.63) is 35.4 Å². The Balaban J connectivity index is 1.88. The number of amides is 1. The van der Waals surface area contributed by atoms with Crippen LogP contribution in [-0.4, -0.2) is 33.7 Å². The number of carbonyl (C=O) groups excluding carboxylic acids is 2. The number of nitrogens with zero attached hydrogens (tertiary/aromatic N) is 1. The van der Waals surface area contributed by atoms with E-state index in [1.54, 1.807) is 11.0 Å². The maximum absolute atomic E-state index is 13.1. The highest BCUT2D eigenvalue weighted by Crippen LogP contribution is 2.36. The van der Waals surface area contributed by atoms with Gasteiger partial charge in [-0.1, -0.05) is 38.5 Å². The molecule has 1 aliphatic carbocycles. The molecule has 3 atom stereocenters. The monoisotopic (exact) mass is 329 g/mol. The third kappa shape index (κ3) is 2.72. The van der Waals surface area contributed by atoms with Gasteiger partial charge in [0.2, 0.25) is 0 Å². The largest absolute Gasteiger partial charge is 0.481 e.